The molecule has 0 radical (unpaired) electrons. The highest BCUT2D eigenvalue weighted by Crippen LogP contribution is 2.16. The summed E-state index contributed by atoms with van der Waals surface area (Å²) < 4.78 is 16.9. The van der Waals surface area contributed by atoms with Crippen LogP contribution in [0.15, 0.2) is 122 Å². The molecule has 1 atom stereocenters. The van der Waals surface area contributed by atoms with E-state index in [1.54, 1.807) is 0 Å². The molecule has 0 rings (SSSR count). The molecule has 450 valence electrons. The average Bonchev–Trinajstić information content (AvgIpc) is 3.45. The number of rotatable bonds is 59. The van der Waals surface area contributed by atoms with Crippen LogP contribution in [-0.4, -0.2) is 37.2 Å². The fraction of sp³-hybridized carbons (Fsp3) is 0.685. The van der Waals surface area contributed by atoms with Gasteiger partial charge in [-0.1, -0.05) is 296 Å². The SMILES string of the molecule is CC/C=C\C/C=C\C/C=C\C/C=C\C/C=C\CCCCCCCCCCCC(=O)OCC(COC(=O)CCCCCCCCCCCCCCCCCCC)OC(=O)CCCCC/C=C\C/C=C\C/C=C\C/C=C\C/C=C\CC. The summed E-state index contributed by atoms with van der Waals surface area (Å²) in [5.41, 5.74) is 0. The number of hydrogen-bond donors (Lipinski definition) is 0. The number of unbranched alkanes of at least 4 members (excludes halogenated alkanes) is 28. The van der Waals surface area contributed by atoms with Gasteiger partial charge >= 0.3 is 17.9 Å². The summed E-state index contributed by atoms with van der Waals surface area (Å²) in [7, 11) is 0. The molecule has 0 N–H and O–H groups in total. The van der Waals surface area contributed by atoms with E-state index in [1.165, 1.54) is 128 Å². The first kappa shape index (κ1) is 74.8. The van der Waals surface area contributed by atoms with Crippen LogP contribution < -0.4 is 0 Å². The van der Waals surface area contributed by atoms with Crippen LogP contribution in [0.4, 0.5) is 0 Å². The first-order valence-electron chi connectivity index (χ1n) is 33.0. The second-order valence-corrected chi connectivity index (χ2v) is 21.6. The summed E-state index contributed by atoms with van der Waals surface area (Å²) in [6.07, 6.45) is 92.0. The highest BCUT2D eigenvalue weighted by molar-refractivity contribution is 5.71. The molecule has 6 nitrogen and oxygen atoms in total. The van der Waals surface area contributed by atoms with E-state index in [1.807, 2.05) is 0 Å². The zero-order chi connectivity index (χ0) is 57.1. The second kappa shape index (κ2) is 66.3. The number of esters is 3. The third kappa shape index (κ3) is 64.5. The largest absolute Gasteiger partial charge is 0.462 e. The van der Waals surface area contributed by atoms with Gasteiger partial charge in [0.25, 0.3) is 0 Å². The smallest absolute Gasteiger partial charge is 0.306 e. The lowest BCUT2D eigenvalue weighted by Crippen LogP contribution is -2.30. The predicted molar refractivity (Wildman–Crippen MR) is 343 cm³/mol. The Labute approximate surface area is 488 Å². The summed E-state index contributed by atoms with van der Waals surface area (Å²) in [6, 6.07) is 0. The van der Waals surface area contributed by atoms with Crippen molar-refractivity contribution in [2.45, 2.75) is 309 Å². The Hall–Kier alpha value is -4.19. The van der Waals surface area contributed by atoms with E-state index < -0.39 is 6.10 Å². The molecule has 0 heterocycles. The molecule has 0 aromatic carbocycles. The van der Waals surface area contributed by atoms with E-state index in [0.29, 0.717) is 12.8 Å². The molecule has 0 amide bonds. The lowest BCUT2D eigenvalue weighted by molar-refractivity contribution is -0.167. The molecule has 0 aliphatic carbocycles. The van der Waals surface area contributed by atoms with Crippen molar-refractivity contribution in [1.82, 2.24) is 0 Å². The van der Waals surface area contributed by atoms with Gasteiger partial charge in [-0.2, -0.15) is 0 Å². The highest BCUT2D eigenvalue weighted by Gasteiger charge is 2.19. The van der Waals surface area contributed by atoms with Crippen molar-refractivity contribution in [3.05, 3.63) is 122 Å². The molecular formula is C73H122O6. The molecule has 0 aliphatic heterocycles. The maximum atomic E-state index is 12.9. The van der Waals surface area contributed by atoms with Crippen molar-refractivity contribution in [1.29, 1.82) is 0 Å². The molecule has 0 saturated heterocycles. The molecule has 0 aliphatic rings. The fourth-order valence-corrected chi connectivity index (χ4v) is 9.09. The zero-order valence-corrected chi connectivity index (χ0v) is 51.6. The number of hydrogen-bond acceptors (Lipinski definition) is 6. The molecule has 0 fully saturated rings. The van der Waals surface area contributed by atoms with Gasteiger partial charge in [0.2, 0.25) is 0 Å². The van der Waals surface area contributed by atoms with Crippen molar-refractivity contribution < 1.29 is 28.6 Å². The molecule has 79 heavy (non-hydrogen) atoms. The normalized spacial score (nSPS) is 12.9. The van der Waals surface area contributed by atoms with Crippen LogP contribution >= 0.6 is 0 Å². The maximum absolute atomic E-state index is 12.9. The average molecular weight is 1100 g/mol. The fourth-order valence-electron chi connectivity index (χ4n) is 9.09. The van der Waals surface area contributed by atoms with Crippen molar-refractivity contribution in [2.75, 3.05) is 13.2 Å². The molecule has 1 unspecified atom stereocenters. The van der Waals surface area contributed by atoms with Crippen molar-refractivity contribution in [3.63, 3.8) is 0 Å². The van der Waals surface area contributed by atoms with Crippen LogP contribution in [0.1, 0.15) is 303 Å². The summed E-state index contributed by atoms with van der Waals surface area (Å²) in [6.45, 7) is 6.41. The Morgan fingerprint density at radius 3 is 0.785 bits per heavy atom. The Bertz CT molecular complexity index is 1640. The van der Waals surface area contributed by atoms with Crippen molar-refractivity contribution >= 4 is 17.9 Å². The third-order valence-electron chi connectivity index (χ3n) is 14.0. The van der Waals surface area contributed by atoms with Gasteiger partial charge in [-0.15, -0.1) is 0 Å². The van der Waals surface area contributed by atoms with E-state index in [2.05, 4.69) is 142 Å². The Kier molecular flexibility index (Phi) is 62.8. The summed E-state index contributed by atoms with van der Waals surface area (Å²) in [5, 5.41) is 0. The van der Waals surface area contributed by atoms with Gasteiger partial charge in [0.15, 0.2) is 6.10 Å². The number of ether oxygens (including phenoxy) is 3. The molecule has 6 heteroatoms. The minimum atomic E-state index is -0.802. The van der Waals surface area contributed by atoms with Crippen LogP contribution in [0.25, 0.3) is 0 Å². The van der Waals surface area contributed by atoms with Gasteiger partial charge in [-0.25, -0.2) is 0 Å². The van der Waals surface area contributed by atoms with Gasteiger partial charge in [0.1, 0.15) is 13.2 Å². The summed E-state index contributed by atoms with van der Waals surface area (Å²) in [5.74, 6) is -0.923. The Balaban J connectivity index is 4.43. The van der Waals surface area contributed by atoms with Crippen LogP contribution in [0.3, 0.4) is 0 Å². The Morgan fingerprint density at radius 1 is 0.266 bits per heavy atom. The van der Waals surface area contributed by atoms with E-state index >= 15 is 0 Å². The molecule has 0 bridgehead atoms. The molecule has 0 spiro atoms. The lowest BCUT2D eigenvalue weighted by Gasteiger charge is -2.18. The second-order valence-electron chi connectivity index (χ2n) is 21.6. The standard InChI is InChI=1S/C73H122O6/c1-4-7-10-13-16-19-22-25-28-31-33-34-35-36-37-38-40-42-45-48-51-54-57-60-63-66-72(75)78-69-70(68-77-71(74)65-62-59-56-53-50-47-44-41-30-27-24-21-18-15-12-9-6-3)79-73(76)67-64-61-58-55-52-49-46-43-39-32-29-26-23-20-17-14-11-8-5-2/h7-8,10-11,16-17,19-20,25-26,28-29,33-34,36-37,39,43,49,52,70H,4-6,9,12-15,18,21-24,27,30-32,35,38,40-42,44-48,50-51,53-69H2,1-3H3/b10-7-,11-8-,19-16-,20-17-,28-25-,29-26-,34-33-,37-36-,43-39-,52-49-. The quantitative estimate of drug-likeness (QED) is 0.0261. The highest BCUT2D eigenvalue weighted by atomic mass is 16.6. The van der Waals surface area contributed by atoms with Gasteiger partial charge < -0.3 is 14.2 Å². The lowest BCUT2D eigenvalue weighted by atomic mass is 10.0. The van der Waals surface area contributed by atoms with E-state index in [4.69, 9.17) is 14.2 Å². The van der Waals surface area contributed by atoms with E-state index in [0.717, 1.165) is 135 Å². The van der Waals surface area contributed by atoms with Crippen LogP contribution in [0.2, 0.25) is 0 Å². The van der Waals surface area contributed by atoms with Gasteiger partial charge in [-0.3, -0.25) is 14.4 Å². The topological polar surface area (TPSA) is 78.9 Å². The maximum Gasteiger partial charge on any atom is 0.306 e. The van der Waals surface area contributed by atoms with Gasteiger partial charge in [0, 0.05) is 19.3 Å². The van der Waals surface area contributed by atoms with Crippen molar-refractivity contribution in [3.8, 4) is 0 Å². The van der Waals surface area contributed by atoms with E-state index in [-0.39, 0.29) is 37.5 Å². The predicted octanol–water partition coefficient (Wildman–Crippen LogP) is 22.8. The zero-order valence-electron chi connectivity index (χ0n) is 51.6. The van der Waals surface area contributed by atoms with E-state index in [9.17, 15) is 14.4 Å². The number of allylic oxidation sites excluding steroid dienone is 20. The summed E-state index contributed by atoms with van der Waals surface area (Å²) in [4.78, 5) is 38.4. The van der Waals surface area contributed by atoms with Gasteiger partial charge in [-0.05, 0) is 109 Å². The first-order valence-corrected chi connectivity index (χ1v) is 33.0. The van der Waals surface area contributed by atoms with Gasteiger partial charge in [0.05, 0.1) is 0 Å². The minimum absolute atomic E-state index is 0.0930. The monoisotopic (exact) mass is 1090 g/mol. The van der Waals surface area contributed by atoms with Crippen LogP contribution in [0, 0.1) is 0 Å². The van der Waals surface area contributed by atoms with Crippen LogP contribution in [-0.2, 0) is 28.6 Å². The minimum Gasteiger partial charge on any atom is -0.462 e. The third-order valence-corrected chi connectivity index (χ3v) is 14.0. The number of carbonyl (C=O) groups is 3. The molecular weight excluding hydrogens is 973 g/mol. The van der Waals surface area contributed by atoms with Crippen molar-refractivity contribution in [2.24, 2.45) is 0 Å². The summed E-state index contributed by atoms with van der Waals surface area (Å²) >= 11 is 0. The molecule has 0 aromatic heterocycles. The number of carbonyl (C=O) groups excluding carboxylic acids is 3. The van der Waals surface area contributed by atoms with Crippen LogP contribution in [0.5, 0.6) is 0 Å². The molecule has 0 aromatic rings. The Morgan fingerprint density at radius 2 is 0.494 bits per heavy atom. The molecule has 0 saturated carbocycles. The first-order chi connectivity index (χ1) is 39.0.